The quantitative estimate of drug-likeness (QED) is 0.714. The largest absolute Gasteiger partial charge is 0.434 e. The van der Waals surface area contributed by atoms with Gasteiger partial charge in [-0.3, -0.25) is 0 Å². The lowest BCUT2D eigenvalue weighted by atomic mass is 10.2. The summed E-state index contributed by atoms with van der Waals surface area (Å²) < 4.78 is 40.2. The predicted molar refractivity (Wildman–Crippen MR) is 88.9 cm³/mol. The second-order valence-corrected chi connectivity index (χ2v) is 5.92. The van der Waals surface area contributed by atoms with Crippen molar-refractivity contribution in [3.05, 3.63) is 54.6 Å². The number of benzene rings is 1. The Hall–Kier alpha value is -2.77. The molecule has 2 aromatic heterocycles. The van der Waals surface area contributed by atoms with Gasteiger partial charge in [-0.2, -0.15) is 13.2 Å². The van der Waals surface area contributed by atoms with Gasteiger partial charge in [0.1, 0.15) is 0 Å². The van der Waals surface area contributed by atoms with Gasteiger partial charge in [0.25, 0.3) is 0 Å². The van der Waals surface area contributed by atoms with Crippen molar-refractivity contribution in [2.75, 3.05) is 36.0 Å². The van der Waals surface area contributed by atoms with Gasteiger partial charge in [-0.05, 0) is 12.1 Å². The van der Waals surface area contributed by atoms with E-state index in [2.05, 4.69) is 27.0 Å². The molecular formula is C17H16F3N5. The number of rotatable bonds is 2. The van der Waals surface area contributed by atoms with Crippen LogP contribution in [0.15, 0.2) is 48.9 Å². The minimum absolute atomic E-state index is 0.239. The zero-order valence-electron chi connectivity index (χ0n) is 13.3. The lowest BCUT2D eigenvalue weighted by Gasteiger charge is -2.36. The minimum atomic E-state index is -4.46. The molecule has 0 radical (unpaired) electrons. The van der Waals surface area contributed by atoms with Crippen LogP contribution in [-0.2, 0) is 6.18 Å². The zero-order chi connectivity index (χ0) is 17.4. The summed E-state index contributed by atoms with van der Waals surface area (Å²) in [5, 5.41) is 0. The molecule has 4 rings (SSSR count). The van der Waals surface area contributed by atoms with E-state index in [1.165, 1.54) is 16.8 Å². The van der Waals surface area contributed by atoms with Gasteiger partial charge in [-0.15, -0.1) is 0 Å². The van der Waals surface area contributed by atoms with Crippen LogP contribution in [0.5, 0.6) is 0 Å². The molecule has 0 N–H and O–H groups in total. The van der Waals surface area contributed by atoms with Crippen molar-refractivity contribution >= 4 is 17.2 Å². The summed E-state index contributed by atoms with van der Waals surface area (Å²) >= 11 is 0. The number of halogens is 3. The van der Waals surface area contributed by atoms with Crippen LogP contribution in [0.3, 0.4) is 0 Å². The first kappa shape index (κ1) is 15.7. The lowest BCUT2D eigenvalue weighted by molar-refractivity contribution is -0.140. The monoisotopic (exact) mass is 347 g/mol. The van der Waals surface area contributed by atoms with Gasteiger partial charge in [-0.25, -0.2) is 9.97 Å². The van der Waals surface area contributed by atoms with Crippen LogP contribution in [0.4, 0.5) is 24.7 Å². The molecule has 8 heteroatoms. The molecule has 5 nitrogen and oxygen atoms in total. The van der Waals surface area contributed by atoms with Crippen LogP contribution in [-0.4, -0.2) is 40.5 Å². The second-order valence-electron chi connectivity index (χ2n) is 5.92. The summed E-state index contributed by atoms with van der Waals surface area (Å²) in [6.07, 6.45) is -0.467. The Labute approximate surface area is 142 Å². The van der Waals surface area contributed by atoms with E-state index in [9.17, 15) is 13.2 Å². The maximum atomic E-state index is 12.9. The van der Waals surface area contributed by atoms with E-state index in [0.717, 1.165) is 25.0 Å². The number of piperazine rings is 1. The Morgan fingerprint density at radius 2 is 1.60 bits per heavy atom. The fourth-order valence-electron chi connectivity index (χ4n) is 3.08. The van der Waals surface area contributed by atoms with E-state index < -0.39 is 11.9 Å². The van der Waals surface area contributed by atoms with Crippen molar-refractivity contribution in [3.8, 4) is 0 Å². The molecule has 1 aliphatic rings. The van der Waals surface area contributed by atoms with Crippen molar-refractivity contribution < 1.29 is 13.2 Å². The fourth-order valence-corrected chi connectivity index (χ4v) is 3.08. The van der Waals surface area contributed by atoms with E-state index in [0.29, 0.717) is 18.9 Å². The fraction of sp³-hybridized carbons (Fsp3) is 0.294. The standard InChI is InChI=1S/C17H16F3N5/c18-17(19,20)14-12-25-7-6-21-15(16(25)22-14)24-10-8-23(9-11-24)13-4-2-1-3-5-13/h1-7,12H,8-11H2. The van der Waals surface area contributed by atoms with E-state index in [-0.39, 0.29) is 5.65 Å². The maximum Gasteiger partial charge on any atom is 0.434 e. The number of aromatic nitrogens is 3. The zero-order valence-corrected chi connectivity index (χ0v) is 13.3. The smallest absolute Gasteiger partial charge is 0.368 e. The van der Waals surface area contributed by atoms with Crippen LogP contribution in [0.25, 0.3) is 5.65 Å². The normalized spacial score (nSPS) is 15.8. The Bertz CT molecular complexity index is 867. The predicted octanol–water partition coefficient (Wildman–Crippen LogP) is 3.07. The van der Waals surface area contributed by atoms with Crippen LogP contribution in [0.1, 0.15) is 5.69 Å². The van der Waals surface area contributed by atoms with Crippen molar-refractivity contribution in [2.24, 2.45) is 0 Å². The van der Waals surface area contributed by atoms with Gasteiger partial charge in [0, 0.05) is 50.5 Å². The molecular weight excluding hydrogens is 331 g/mol. The molecule has 0 bridgehead atoms. The van der Waals surface area contributed by atoms with Crippen molar-refractivity contribution in [3.63, 3.8) is 0 Å². The van der Waals surface area contributed by atoms with E-state index in [1.807, 2.05) is 23.1 Å². The van der Waals surface area contributed by atoms with Crippen LogP contribution < -0.4 is 9.80 Å². The van der Waals surface area contributed by atoms with Gasteiger partial charge in [-0.1, -0.05) is 18.2 Å². The number of hydrogen-bond donors (Lipinski definition) is 0. The van der Waals surface area contributed by atoms with Crippen LogP contribution >= 0.6 is 0 Å². The third kappa shape index (κ3) is 2.99. The van der Waals surface area contributed by atoms with Crippen LogP contribution in [0.2, 0.25) is 0 Å². The number of imidazole rings is 1. The number of anilines is 2. The third-order valence-electron chi connectivity index (χ3n) is 4.35. The van der Waals surface area contributed by atoms with Crippen LogP contribution in [0, 0.1) is 0 Å². The second kappa shape index (κ2) is 5.94. The van der Waals surface area contributed by atoms with Gasteiger partial charge in [0.2, 0.25) is 0 Å². The molecule has 130 valence electrons. The van der Waals surface area contributed by atoms with Crippen molar-refractivity contribution in [2.45, 2.75) is 6.18 Å². The molecule has 0 saturated carbocycles. The minimum Gasteiger partial charge on any atom is -0.368 e. The van der Waals surface area contributed by atoms with Gasteiger partial charge in [0.15, 0.2) is 17.2 Å². The van der Waals surface area contributed by atoms with Gasteiger partial charge < -0.3 is 14.2 Å². The highest BCUT2D eigenvalue weighted by Crippen LogP contribution is 2.30. The molecule has 1 aromatic carbocycles. The molecule has 1 saturated heterocycles. The third-order valence-corrected chi connectivity index (χ3v) is 4.35. The van der Waals surface area contributed by atoms with E-state index in [4.69, 9.17) is 0 Å². The Morgan fingerprint density at radius 3 is 2.28 bits per heavy atom. The van der Waals surface area contributed by atoms with Gasteiger partial charge in [0.05, 0.1) is 0 Å². The molecule has 1 aliphatic heterocycles. The summed E-state index contributed by atoms with van der Waals surface area (Å²) in [5.41, 5.74) is 0.487. The molecule has 0 spiro atoms. The highest BCUT2D eigenvalue weighted by atomic mass is 19.4. The topological polar surface area (TPSA) is 36.7 Å². The summed E-state index contributed by atoms with van der Waals surface area (Å²) in [5.74, 6) is 0.491. The Morgan fingerprint density at radius 1 is 0.920 bits per heavy atom. The Kier molecular flexibility index (Phi) is 3.74. The summed E-state index contributed by atoms with van der Waals surface area (Å²) in [7, 11) is 0. The summed E-state index contributed by atoms with van der Waals surface area (Å²) in [6, 6.07) is 10.1. The average molecular weight is 347 g/mol. The van der Waals surface area contributed by atoms with Gasteiger partial charge >= 0.3 is 6.18 Å². The first-order valence-corrected chi connectivity index (χ1v) is 7.98. The number of para-hydroxylation sites is 1. The first-order valence-electron chi connectivity index (χ1n) is 7.98. The maximum absolute atomic E-state index is 12.9. The average Bonchev–Trinajstić information content (AvgIpc) is 3.07. The first-order chi connectivity index (χ1) is 12.0. The number of fused-ring (bicyclic) bond motifs is 1. The molecule has 0 unspecified atom stereocenters. The summed E-state index contributed by atoms with van der Waals surface area (Å²) in [6.45, 7) is 2.91. The van der Waals surface area contributed by atoms with E-state index in [1.54, 1.807) is 0 Å². The lowest BCUT2D eigenvalue weighted by Crippen LogP contribution is -2.47. The summed E-state index contributed by atoms with van der Waals surface area (Å²) in [4.78, 5) is 12.3. The molecule has 25 heavy (non-hydrogen) atoms. The van der Waals surface area contributed by atoms with Crippen molar-refractivity contribution in [1.29, 1.82) is 0 Å². The number of hydrogen-bond acceptors (Lipinski definition) is 4. The molecule has 3 aromatic rings. The molecule has 3 heterocycles. The Balaban J connectivity index is 1.58. The molecule has 1 fully saturated rings. The SMILES string of the molecule is FC(F)(F)c1cn2ccnc(N3CCN(c4ccccc4)CC3)c2n1. The number of nitrogens with zero attached hydrogens (tertiary/aromatic N) is 5. The van der Waals surface area contributed by atoms with Crippen molar-refractivity contribution in [1.82, 2.24) is 14.4 Å². The highest BCUT2D eigenvalue weighted by molar-refractivity contribution is 5.65. The molecule has 0 amide bonds. The van der Waals surface area contributed by atoms with E-state index >= 15 is 0 Å². The molecule has 0 aliphatic carbocycles. The molecule has 0 atom stereocenters. The highest BCUT2D eigenvalue weighted by Gasteiger charge is 2.34. The number of alkyl halides is 3.